The number of carbonyl (C=O) groups excluding carboxylic acids is 3. The van der Waals surface area contributed by atoms with E-state index in [0.717, 1.165) is 28.9 Å². The van der Waals surface area contributed by atoms with Gasteiger partial charge in [0.1, 0.15) is 6.04 Å². The summed E-state index contributed by atoms with van der Waals surface area (Å²) in [6.45, 7) is 2.54. The van der Waals surface area contributed by atoms with E-state index in [1.807, 2.05) is 48.5 Å². The second-order valence-electron chi connectivity index (χ2n) is 6.97. The fraction of sp³-hybridized carbons (Fsp3) is 0.286. The first-order valence-corrected chi connectivity index (χ1v) is 9.08. The van der Waals surface area contributed by atoms with Crippen molar-refractivity contribution in [3.05, 3.63) is 59.7 Å². The van der Waals surface area contributed by atoms with Gasteiger partial charge in [0.05, 0.1) is 13.0 Å². The molecule has 3 amide bonds. The molecule has 2 aromatic rings. The quantitative estimate of drug-likeness (QED) is 0.847. The van der Waals surface area contributed by atoms with Crippen LogP contribution in [-0.4, -0.2) is 35.2 Å². The van der Waals surface area contributed by atoms with Crippen LogP contribution in [0, 0.1) is 0 Å². The van der Waals surface area contributed by atoms with Gasteiger partial charge in [-0.15, -0.1) is 0 Å². The van der Waals surface area contributed by atoms with Crippen LogP contribution in [0.5, 0.6) is 0 Å². The average Bonchev–Trinajstić information content (AvgIpc) is 3.19. The largest absolute Gasteiger partial charge is 0.373 e. The van der Waals surface area contributed by atoms with Crippen LogP contribution < -0.4 is 10.2 Å². The highest BCUT2D eigenvalue weighted by Crippen LogP contribution is 2.31. The van der Waals surface area contributed by atoms with Crippen molar-refractivity contribution in [3.8, 4) is 0 Å². The molecule has 0 aliphatic carbocycles. The molecule has 0 aromatic heterocycles. The Bertz CT molecular complexity index is 910. The molecular formula is C21H21N3O3. The average molecular weight is 363 g/mol. The van der Waals surface area contributed by atoms with Crippen molar-refractivity contribution in [2.45, 2.75) is 32.4 Å². The molecule has 2 aliphatic heterocycles. The Labute approximate surface area is 157 Å². The molecule has 27 heavy (non-hydrogen) atoms. The zero-order valence-electron chi connectivity index (χ0n) is 15.1. The summed E-state index contributed by atoms with van der Waals surface area (Å²) in [6, 6.07) is 14.7. The summed E-state index contributed by atoms with van der Waals surface area (Å²) in [4.78, 5) is 39.7. The summed E-state index contributed by atoms with van der Waals surface area (Å²) in [5, 5.41) is 3.20. The van der Waals surface area contributed by atoms with E-state index in [2.05, 4.69) is 5.32 Å². The third-order valence-corrected chi connectivity index (χ3v) is 5.12. The number of hydrogen-bond acceptors (Lipinski definition) is 4. The number of imide groups is 1. The van der Waals surface area contributed by atoms with E-state index in [4.69, 9.17) is 0 Å². The number of amides is 3. The molecule has 1 fully saturated rings. The van der Waals surface area contributed by atoms with E-state index < -0.39 is 6.04 Å². The smallest absolute Gasteiger partial charge is 0.252 e. The van der Waals surface area contributed by atoms with Crippen LogP contribution in [0.15, 0.2) is 48.5 Å². The third-order valence-electron chi connectivity index (χ3n) is 5.12. The van der Waals surface area contributed by atoms with Gasteiger partial charge in [-0.2, -0.15) is 0 Å². The molecule has 2 heterocycles. The van der Waals surface area contributed by atoms with Crippen molar-refractivity contribution in [3.63, 3.8) is 0 Å². The fourth-order valence-electron chi connectivity index (χ4n) is 3.75. The Morgan fingerprint density at radius 2 is 1.93 bits per heavy atom. The molecule has 2 aliphatic rings. The van der Waals surface area contributed by atoms with E-state index >= 15 is 0 Å². The van der Waals surface area contributed by atoms with Gasteiger partial charge in [0.15, 0.2) is 0 Å². The molecule has 1 saturated heterocycles. The summed E-state index contributed by atoms with van der Waals surface area (Å²) in [7, 11) is 0. The topological polar surface area (TPSA) is 69.7 Å². The summed E-state index contributed by atoms with van der Waals surface area (Å²) in [5.41, 5.74) is 3.73. The van der Waals surface area contributed by atoms with Crippen LogP contribution in [0.25, 0.3) is 0 Å². The van der Waals surface area contributed by atoms with Gasteiger partial charge in [0.25, 0.3) is 5.91 Å². The highest BCUT2D eigenvalue weighted by atomic mass is 16.2. The maximum absolute atomic E-state index is 12.7. The van der Waals surface area contributed by atoms with Crippen molar-refractivity contribution in [1.29, 1.82) is 0 Å². The van der Waals surface area contributed by atoms with E-state index in [-0.39, 0.29) is 24.1 Å². The number of fused-ring (bicyclic) bond motifs is 1. The van der Waals surface area contributed by atoms with Crippen LogP contribution >= 0.6 is 0 Å². The SMILES string of the molecule is CC(=O)N1CCc2cc(N[C@H]3CC(=O)N(Cc4ccccc4)C3=O)ccc21. The van der Waals surface area contributed by atoms with Crippen LogP contribution in [0.4, 0.5) is 11.4 Å². The van der Waals surface area contributed by atoms with Crippen LogP contribution in [0.3, 0.4) is 0 Å². The minimum absolute atomic E-state index is 0.0302. The van der Waals surface area contributed by atoms with E-state index in [1.165, 1.54) is 4.90 Å². The predicted octanol–water partition coefficient (Wildman–Crippen LogP) is 2.34. The number of nitrogens with one attached hydrogen (secondary N) is 1. The van der Waals surface area contributed by atoms with Crippen molar-refractivity contribution in [2.24, 2.45) is 0 Å². The Kier molecular flexibility index (Phi) is 4.39. The number of carbonyl (C=O) groups is 3. The Hall–Kier alpha value is -3.15. The first-order chi connectivity index (χ1) is 13.0. The number of hydrogen-bond donors (Lipinski definition) is 1. The van der Waals surface area contributed by atoms with Crippen LogP contribution in [0.2, 0.25) is 0 Å². The van der Waals surface area contributed by atoms with Crippen molar-refractivity contribution in [2.75, 3.05) is 16.8 Å². The molecule has 1 N–H and O–H groups in total. The standard InChI is InChI=1S/C21H21N3O3/c1-14(25)23-10-9-16-11-17(7-8-19(16)23)22-18-12-20(26)24(21(18)27)13-15-5-3-2-4-6-15/h2-8,11,18,22H,9-10,12-13H2,1H3/t18-/m0/s1. The molecule has 2 aromatic carbocycles. The molecule has 0 unspecified atom stereocenters. The number of anilines is 2. The number of benzene rings is 2. The van der Waals surface area contributed by atoms with Gasteiger partial charge in [0.2, 0.25) is 11.8 Å². The van der Waals surface area contributed by atoms with Gasteiger partial charge >= 0.3 is 0 Å². The molecule has 0 spiro atoms. The normalized spacial score (nSPS) is 18.8. The van der Waals surface area contributed by atoms with Gasteiger partial charge in [0, 0.05) is 24.8 Å². The molecule has 1 atom stereocenters. The minimum Gasteiger partial charge on any atom is -0.373 e. The molecular weight excluding hydrogens is 342 g/mol. The van der Waals surface area contributed by atoms with Crippen molar-refractivity contribution >= 4 is 29.1 Å². The highest BCUT2D eigenvalue weighted by molar-refractivity contribution is 6.06. The second kappa shape index (κ2) is 6.87. The number of rotatable bonds is 4. The van der Waals surface area contributed by atoms with Gasteiger partial charge in [-0.1, -0.05) is 30.3 Å². The molecule has 4 rings (SSSR count). The first kappa shape index (κ1) is 17.3. The maximum atomic E-state index is 12.7. The van der Waals surface area contributed by atoms with Gasteiger partial charge < -0.3 is 10.2 Å². The lowest BCUT2D eigenvalue weighted by Gasteiger charge is -2.17. The molecule has 0 bridgehead atoms. The zero-order valence-corrected chi connectivity index (χ0v) is 15.1. The molecule has 6 nitrogen and oxygen atoms in total. The number of nitrogens with zero attached hydrogens (tertiary/aromatic N) is 2. The van der Waals surface area contributed by atoms with E-state index in [1.54, 1.807) is 11.8 Å². The van der Waals surface area contributed by atoms with Crippen LogP contribution in [0.1, 0.15) is 24.5 Å². The van der Waals surface area contributed by atoms with Crippen LogP contribution in [-0.2, 0) is 27.3 Å². The van der Waals surface area contributed by atoms with E-state index in [0.29, 0.717) is 13.1 Å². The summed E-state index contributed by atoms with van der Waals surface area (Å²) in [5.74, 6) is -0.331. The maximum Gasteiger partial charge on any atom is 0.252 e. The molecule has 0 saturated carbocycles. The molecule has 138 valence electrons. The van der Waals surface area contributed by atoms with Crippen molar-refractivity contribution < 1.29 is 14.4 Å². The Morgan fingerprint density at radius 1 is 1.15 bits per heavy atom. The fourth-order valence-corrected chi connectivity index (χ4v) is 3.75. The Morgan fingerprint density at radius 3 is 2.67 bits per heavy atom. The second-order valence-corrected chi connectivity index (χ2v) is 6.97. The molecule has 6 heteroatoms. The summed E-state index contributed by atoms with van der Waals surface area (Å²) in [6.07, 6.45) is 0.949. The lowest BCUT2D eigenvalue weighted by molar-refractivity contribution is -0.139. The third kappa shape index (κ3) is 3.30. The molecule has 0 radical (unpaired) electrons. The van der Waals surface area contributed by atoms with Gasteiger partial charge in [-0.3, -0.25) is 19.3 Å². The summed E-state index contributed by atoms with van der Waals surface area (Å²) < 4.78 is 0. The predicted molar refractivity (Wildman–Crippen MR) is 102 cm³/mol. The van der Waals surface area contributed by atoms with Gasteiger partial charge in [-0.05, 0) is 35.7 Å². The first-order valence-electron chi connectivity index (χ1n) is 9.08. The van der Waals surface area contributed by atoms with E-state index in [9.17, 15) is 14.4 Å². The highest BCUT2D eigenvalue weighted by Gasteiger charge is 2.38. The lowest BCUT2D eigenvalue weighted by Crippen LogP contribution is -2.34. The lowest BCUT2D eigenvalue weighted by atomic mass is 10.1. The Balaban J connectivity index is 1.47. The number of likely N-dealkylation sites (tertiary alicyclic amines) is 1. The summed E-state index contributed by atoms with van der Waals surface area (Å²) >= 11 is 0. The minimum atomic E-state index is -0.551. The van der Waals surface area contributed by atoms with Crippen molar-refractivity contribution in [1.82, 2.24) is 4.90 Å². The zero-order chi connectivity index (χ0) is 19.0. The van der Waals surface area contributed by atoms with Gasteiger partial charge in [-0.25, -0.2) is 0 Å². The monoisotopic (exact) mass is 363 g/mol.